The van der Waals surface area contributed by atoms with Crippen LogP contribution in [0.15, 0.2) is 18.2 Å². The summed E-state index contributed by atoms with van der Waals surface area (Å²) < 4.78 is 37.8. The largest absolute Gasteiger partial charge is 0.405 e. The van der Waals surface area contributed by atoms with Crippen LogP contribution in [0.1, 0.15) is 25.0 Å². The summed E-state index contributed by atoms with van der Waals surface area (Å²) in [5.74, 6) is 0. The van der Waals surface area contributed by atoms with Crippen molar-refractivity contribution in [1.29, 1.82) is 0 Å². The second kappa shape index (κ2) is 6.28. The van der Waals surface area contributed by atoms with Crippen LogP contribution in [-0.2, 0) is 6.42 Å². The molecule has 1 aromatic carbocycles. The number of nitrogens with two attached hydrogens (primary N) is 1. The number of nitrogens with zero attached hydrogens (tertiary/aromatic N) is 1. The highest BCUT2D eigenvalue weighted by Crippen LogP contribution is 2.27. The number of hydrogen-bond donors (Lipinski definition) is 1. The van der Waals surface area contributed by atoms with Crippen molar-refractivity contribution in [1.82, 2.24) is 0 Å². The quantitative estimate of drug-likeness (QED) is 0.893. The monoisotopic (exact) mass is 274 g/mol. The molecule has 108 valence electrons. The number of hydrogen-bond acceptors (Lipinski definition) is 2. The minimum absolute atomic E-state index is 0.0786. The van der Waals surface area contributed by atoms with Crippen LogP contribution < -0.4 is 10.6 Å². The van der Waals surface area contributed by atoms with E-state index in [-0.39, 0.29) is 6.04 Å². The Morgan fingerprint density at radius 3 is 2.42 bits per heavy atom. The van der Waals surface area contributed by atoms with E-state index < -0.39 is 12.7 Å². The highest BCUT2D eigenvalue weighted by molar-refractivity contribution is 5.55. The average Bonchev–Trinajstić information content (AvgIpc) is 2.24. The summed E-state index contributed by atoms with van der Waals surface area (Å²) in [6, 6.07) is 5.42. The van der Waals surface area contributed by atoms with Crippen molar-refractivity contribution in [3.8, 4) is 0 Å². The molecule has 0 fully saturated rings. The molecule has 19 heavy (non-hydrogen) atoms. The zero-order chi connectivity index (χ0) is 14.6. The molecule has 0 saturated heterocycles. The Bertz CT molecular complexity index is 414. The molecule has 2 nitrogen and oxygen atoms in total. The van der Waals surface area contributed by atoms with Gasteiger partial charge in [-0.2, -0.15) is 13.2 Å². The van der Waals surface area contributed by atoms with Gasteiger partial charge in [-0.05, 0) is 38.8 Å². The van der Waals surface area contributed by atoms with Gasteiger partial charge < -0.3 is 10.6 Å². The van der Waals surface area contributed by atoms with Crippen LogP contribution in [0.5, 0.6) is 0 Å². The minimum atomic E-state index is -4.20. The number of alkyl halides is 3. The Kier molecular flexibility index (Phi) is 5.23. The molecular weight excluding hydrogens is 253 g/mol. The molecule has 2 N–H and O–H groups in total. The predicted molar refractivity (Wildman–Crippen MR) is 72.5 cm³/mol. The lowest BCUT2D eigenvalue weighted by molar-refractivity contribution is -0.119. The number of aryl methyl sites for hydroxylation is 1. The van der Waals surface area contributed by atoms with E-state index in [1.54, 1.807) is 13.0 Å². The standard InChI is InChI=1S/C14H21F3N2/c1-4-19(9-14(15,16)17)13-6-5-10(2)7-12(13)8-11(3)18/h5-7,11H,4,8-9,18H2,1-3H3. The fourth-order valence-corrected chi connectivity index (χ4v) is 2.12. The smallest absolute Gasteiger partial charge is 0.363 e. The van der Waals surface area contributed by atoms with Gasteiger partial charge in [0, 0.05) is 18.3 Å². The van der Waals surface area contributed by atoms with Crippen LogP contribution in [0.2, 0.25) is 0 Å². The molecule has 0 saturated carbocycles. The van der Waals surface area contributed by atoms with Crippen molar-refractivity contribution < 1.29 is 13.2 Å². The first-order chi connectivity index (χ1) is 8.73. The van der Waals surface area contributed by atoms with Gasteiger partial charge in [-0.1, -0.05) is 17.7 Å². The number of rotatable bonds is 5. The maximum Gasteiger partial charge on any atom is 0.405 e. The average molecular weight is 274 g/mol. The van der Waals surface area contributed by atoms with Crippen LogP contribution in [0.3, 0.4) is 0 Å². The van der Waals surface area contributed by atoms with Crippen LogP contribution in [-0.4, -0.2) is 25.3 Å². The Morgan fingerprint density at radius 2 is 1.95 bits per heavy atom. The molecule has 0 amide bonds. The molecule has 0 heterocycles. The van der Waals surface area contributed by atoms with E-state index in [4.69, 9.17) is 5.73 Å². The van der Waals surface area contributed by atoms with Crippen molar-refractivity contribution in [2.75, 3.05) is 18.0 Å². The Balaban J connectivity index is 3.08. The fraction of sp³-hybridized carbons (Fsp3) is 0.571. The van der Waals surface area contributed by atoms with Gasteiger partial charge in [0.15, 0.2) is 0 Å². The first-order valence-corrected chi connectivity index (χ1v) is 6.39. The molecule has 0 radical (unpaired) electrons. The van der Waals surface area contributed by atoms with E-state index in [1.807, 2.05) is 26.0 Å². The summed E-state index contributed by atoms with van der Waals surface area (Å²) in [7, 11) is 0. The van der Waals surface area contributed by atoms with Gasteiger partial charge in [0.25, 0.3) is 0 Å². The molecule has 1 rings (SSSR count). The molecule has 0 aliphatic carbocycles. The topological polar surface area (TPSA) is 29.3 Å². The van der Waals surface area contributed by atoms with Crippen molar-refractivity contribution in [2.45, 2.75) is 39.4 Å². The molecule has 5 heteroatoms. The van der Waals surface area contributed by atoms with E-state index in [0.717, 1.165) is 11.1 Å². The van der Waals surface area contributed by atoms with E-state index in [0.29, 0.717) is 18.7 Å². The molecule has 0 aliphatic heterocycles. The third kappa shape index (κ3) is 5.11. The first kappa shape index (κ1) is 15.8. The molecule has 0 bridgehead atoms. The van der Waals surface area contributed by atoms with Crippen molar-refractivity contribution in [3.05, 3.63) is 29.3 Å². The summed E-state index contributed by atoms with van der Waals surface area (Å²) in [6.45, 7) is 4.88. The van der Waals surface area contributed by atoms with Gasteiger partial charge in [0.1, 0.15) is 6.54 Å². The second-order valence-corrected chi connectivity index (χ2v) is 4.94. The molecule has 0 aliphatic rings. The van der Waals surface area contributed by atoms with E-state index in [1.165, 1.54) is 4.90 Å². The Labute approximate surface area is 112 Å². The Hall–Kier alpha value is -1.23. The summed E-state index contributed by atoms with van der Waals surface area (Å²) in [5, 5.41) is 0. The van der Waals surface area contributed by atoms with Crippen molar-refractivity contribution in [2.24, 2.45) is 5.73 Å². The lowest BCUT2D eigenvalue weighted by Crippen LogP contribution is -2.35. The molecule has 1 atom stereocenters. The zero-order valence-corrected chi connectivity index (χ0v) is 11.6. The second-order valence-electron chi connectivity index (χ2n) is 4.94. The number of halogens is 3. The third-order valence-electron chi connectivity index (χ3n) is 2.87. The van der Waals surface area contributed by atoms with Crippen molar-refractivity contribution >= 4 is 5.69 Å². The number of anilines is 1. The molecule has 1 aromatic rings. The Morgan fingerprint density at radius 1 is 1.32 bits per heavy atom. The predicted octanol–water partition coefficient (Wildman–Crippen LogP) is 3.27. The van der Waals surface area contributed by atoms with Crippen molar-refractivity contribution in [3.63, 3.8) is 0 Å². The number of benzene rings is 1. The third-order valence-corrected chi connectivity index (χ3v) is 2.87. The maximum atomic E-state index is 12.6. The maximum absolute atomic E-state index is 12.6. The van der Waals surface area contributed by atoms with Crippen LogP contribution in [0.4, 0.5) is 18.9 Å². The minimum Gasteiger partial charge on any atom is -0.363 e. The van der Waals surface area contributed by atoms with Crippen LogP contribution >= 0.6 is 0 Å². The fourth-order valence-electron chi connectivity index (χ4n) is 2.12. The van der Waals surface area contributed by atoms with E-state index in [9.17, 15) is 13.2 Å². The van der Waals surface area contributed by atoms with Gasteiger partial charge >= 0.3 is 6.18 Å². The molecule has 1 unspecified atom stereocenters. The zero-order valence-electron chi connectivity index (χ0n) is 11.6. The SMILES string of the molecule is CCN(CC(F)(F)F)c1ccc(C)cc1CC(C)N. The first-order valence-electron chi connectivity index (χ1n) is 6.39. The van der Waals surface area contributed by atoms with Crippen LogP contribution in [0, 0.1) is 6.92 Å². The van der Waals surface area contributed by atoms with Gasteiger partial charge in [0.05, 0.1) is 0 Å². The lowest BCUT2D eigenvalue weighted by Gasteiger charge is -2.27. The summed E-state index contributed by atoms with van der Waals surface area (Å²) in [5.41, 5.74) is 8.31. The van der Waals surface area contributed by atoms with Crippen LogP contribution in [0.25, 0.3) is 0 Å². The normalized spacial score (nSPS) is 13.4. The molecule has 0 aromatic heterocycles. The van der Waals surface area contributed by atoms with Gasteiger partial charge in [-0.3, -0.25) is 0 Å². The summed E-state index contributed by atoms with van der Waals surface area (Å²) >= 11 is 0. The highest BCUT2D eigenvalue weighted by atomic mass is 19.4. The van der Waals surface area contributed by atoms with E-state index >= 15 is 0 Å². The lowest BCUT2D eigenvalue weighted by atomic mass is 10.0. The van der Waals surface area contributed by atoms with E-state index in [2.05, 4.69) is 0 Å². The van der Waals surface area contributed by atoms with Gasteiger partial charge in [-0.15, -0.1) is 0 Å². The van der Waals surface area contributed by atoms with Gasteiger partial charge in [0.2, 0.25) is 0 Å². The highest BCUT2D eigenvalue weighted by Gasteiger charge is 2.31. The summed E-state index contributed by atoms with van der Waals surface area (Å²) in [6.07, 6.45) is -3.63. The summed E-state index contributed by atoms with van der Waals surface area (Å²) in [4.78, 5) is 1.34. The molecule has 0 spiro atoms. The molecular formula is C14H21F3N2. The van der Waals surface area contributed by atoms with Gasteiger partial charge in [-0.25, -0.2) is 0 Å².